The van der Waals surface area contributed by atoms with Crippen LogP contribution >= 0.6 is 0 Å². The van der Waals surface area contributed by atoms with Crippen molar-refractivity contribution in [3.05, 3.63) is 125 Å². The number of rotatable bonds is 11. The molecule has 0 aliphatic carbocycles. The topological polar surface area (TPSA) is 101 Å². The van der Waals surface area contributed by atoms with Gasteiger partial charge in [-0.1, -0.05) is 60.7 Å². The average Bonchev–Trinajstić information content (AvgIpc) is 3.39. The Bertz CT molecular complexity index is 1570. The van der Waals surface area contributed by atoms with Crippen molar-refractivity contribution in [1.82, 2.24) is 14.5 Å². The minimum Gasteiger partial charge on any atom is -0.312 e. The van der Waals surface area contributed by atoms with Gasteiger partial charge in [-0.25, -0.2) is 17.5 Å². The highest BCUT2D eigenvalue weighted by Crippen LogP contribution is 2.20. The molecule has 0 aliphatic heterocycles. The highest BCUT2D eigenvalue weighted by atomic mass is 32.2. The molecule has 1 heterocycles. The van der Waals surface area contributed by atoms with Crippen LogP contribution in [0.1, 0.15) is 23.6 Å². The fourth-order valence-corrected chi connectivity index (χ4v) is 4.97. The van der Waals surface area contributed by atoms with Gasteiger partial charge in [0.1, 0.15) is 11.7 Å². The Morgan fingerprint density at radius 2 is 1.62 bits per heavy atom. The number of nitrogens with zero attached hydrogens (tertiary/aromatic N) is 3. The molecule has 3 aromatic carbocycles. The van der Waals surface area contributed by atoms with E-state index < -0.39 is 33.6 Å². The van der Waals surface area contributed by atoms with E-state index in [4.69, 9.17) is 0 Å². The normalized spacial score (nSPS) is 12.2. The Balaban J connectivity index is 1.57. The summed E-state index contributed by atoms with van der Waals surface area (Å²) < 4.78 is 42.4. The Morgan fingerprint density at radius 1 is 0.975 bits per heavy atom. The molecule has 0 bridgehead atoms. The van der Waals surface area contributed by atoms with E-state index in [1.807, 2.05) is 41.1 Å². The Morgan fingerprint density at radius 3 is 2.27 bits per heavy atom. The molecule has 0 saturated heterocycles. The molecule has 0 saturated carbocycles. The number of nitrogens with one attached hydrogen (secondary N) is 1. The smallest absolute Gasteiger partial charge is 0.257 e. The lowest BCUT2D eigenvalue weighted by molar-refractivity contribution is -0.132. The maximum Gasteiger partial charge on any atom is 0.257 e. The summed E-state index contributed by atoms with van der Waals surface area (Å²) in [7, 11) is -4.26. The van der Waals surface area contributed by atoms with E-state index in [0.717, 1.165) is 11.0 Å². The molecule has 1 N–H and O–H groups in total. The number of hydrogen-bond acceptors (Lipinski definition) is 5. The van der Waals surface area contributed by atoms with Crippen LogP contribution in [-0.2, 0) is 32.6 Å². The van der Waals surface area contributed by atoms with Gasteiger partial charge in [0.05, 0.1) is 18.1 Å². The summed E-state index contributed by atoms with van der Waals surface area (Å²) in [6.45, 7) is 2.55. The van der Waals surface area contributed by atoms with Gasteiger partial charge in [-0.05, 0) is 60.4 Å². The first-order chi connectivity index (χ1) is 19.2. The molecule has 2 amide bonds. The second-order valence-corrected chi connectivity index (χ2v) is 10.6. The van der Waals surface area contributed by atoms with Gasteiger partial charge in [0.25, 0.3) is 10.0 Å². The number of aromatic nitrogens is 2. The minimum atomic E-state index is -4.26. The predicted octanol–water partition coefficient (Wildman–Crippen LogP) is 4.40. The number of hydrogen-bond donors (Lipinski definition) is 1. The van der Waals surface area contributed by atoms with Crippen LogP contribution in [0, 0.1) is 11.7 Å². The largest absolute Gasteiger partial charge is 0.312 e. The van der Waals surface area contributed by atoms with Gasteiger partial charge >= 0.3 is 0 Å². The van der Waals surface area contributed by atoms with Crippen LogP contribution in [0.5, 0.6) is 0 Å². The van der Waals surface area contributed by atoms with Gasteiger partial charge in [-0.2, -0.15) is 5.10 Å². The van der Waals surface area contributed by atoms with E-state index in [-0.39, 0.29) is 13.0 Å². The SMILES string of the molecule is CCN(C(=O)C(Cc1cnn(Cc2ccccc2)c1)C(=O)NS(=O)(=O)/C=C/c1ccc(F)cc1)c1ccccc1. The van der Waals surface area contributed by atoms with Gasteiger partial charge in [0, 0.05) is 18.4 Å². The summed E-state index contributed by atoms with van der Waals surface area (Å²) in [5, 5.41) is 5.17. The maximum atomic E-state index is 13.7. The van der Waals surface area contributed by atoms with Gasteiger partial charge in [0.2, 0.25) is 11.8 Å². The van der Waals surface area contributed by atoms with Crippen LogP contribution in [0.25, 0.3) is 6.08 Å². The van der Waals surface area contributed by atoms with Crippen molar-refractivity contribution in [1.29, 1.82) is 0 Å². The van der Waals surface area contributed by atoms with Gasteiger partial charge in [-0.3, -0.25) is 14.3 Å². The first-order valence-corrected chi connectivity index (χ1v) is 14.2. The average molecular weight is 561 g/mol. The zero-order valence-electron chi connectivity index (χ0n) is 21.9. The molecule has 1 aromatic heterocycles. The monoisotopic (exact) mass is 560 g/mol. The maximum absolute atomic E-state index is 13.7. The number of para-hydroxylation sites is 1. The quantitative estimate of drug-likeness (QED) is 0.274. The van der Waals surface area contributed by atoms with E-state index in [2.05, 4.69) is 5.10 Å². The zero-order chi connectivity index (χ0) is 28.5. The van der Waals surface area contributed by atoms with Crippen molar-refractivity contribution in [2.75, 3.05) is 11.4 Å². The molecule has 40 heavy (non-hydrogen) atoms. The second-order valence-electron chi connectivity index (χ2n) is 9.07. The van der Waals surface area contributed by atoms with Crippen molar-refractivity contribution >= 4 is 33.6 Å². The first-order valence-electron chi connectivity index (χ1n) is 12.7. The molecule has 1 atom stereocenters. The number of halogens is 1. The molecule has 0 radical (unpaired) electrons. The molecule has 206 valence electrons. The molecule has 10 heteroatoms. The number of sulfonamides is 1. The Kier molecular flexibility index (Phi) is 9.23. The molecular weight excluding hydrogens is 531 g/mol. The fraction of sp³-hybridized carbons (Fsp3) is 0.167. The lowest BCUT2D eigenvalue weighted by Crippen LogP contribution is -2.46. The summed E-state index contributed by atoms with van der Waals surface area (Å²) in [4.78, 5) is 28.5. The predicted molar refractivity (Wildman–Crippen MR) is 152 cm³/mol. The van der Waals surface area contributed by atoms with Gasteiger partial charge in [0.15, 0.2) is 0 Å². The van der Waals surface area contributed by atoms with Crippen LogP contribution in [0.15, 0.2) is 103 Å². The fourth-order valence-electron chi connectivity index (χ4n) is 4.15. The van der Waals surface area contributed by atoms with Crippen molar-refractivity contribution in [2.45, 2.75) is 19.9 Å². The van der Waals surface area contributed by atoms with Crippen molar-refractivity contribution in [3.63, 3.8) is 0 Å². The Hall–Kier alpha value is -4.57. The standard InChI is InChI=1S/C30H29FN4O4S/c1-2-35(27-11-7-4-8-12-27)30(37)28(19-25-20-32-34(22-25)21-24-9-5-3-6-10-24)29(36)33-40(38,39)18-17-23-13-15-26(31)16-14-23/h3-18,20,22,28H,2,19,21H2,1H3,(H,33,36)/b18-17+. The first kappa shape index (κ1) is 28.4. The van der Waals surface area contributed by atoms with E-state index in [0.29, 0.717) is 23.4 Å². The summed E-state index contributed by atoms with van der Waals surface area (Å²) in [5.74, 6) is -3.30. The number of carbonyl (C=O) groups is 2. The van der Waals surface area contributed by atoms with Crippen LogP contribution < -0.4 is 9.62 Å². The highest BCUT2D eigenvalue weighted by molar-refractivity contribution is 7.93. The molecule has 4 aromatic rings. The lowest BCUT2D eigenvalue weighted by Gasteiger charge is -2.25. The lowest BCUT2D eigenvalue weighted by atomic mass is 9.99. The number of amides is 2. The summed E-state index contributed by atoms with van der Waals surface area (Å²) >= 11 is 0. The molecule has 0 aliphatic rings. The minimum absolute atomic E-state index is 0.0556. The van der Waals surface area contributed by atoms with Crippen LogP contribution in [0.3, 0.4) is 0 Å². The summed E-state index contributed by atoms with van der Waals surface area (Å²) in [6, 6.07) is 23.7. The van der Waals surface area contributed by atoms with E-state index in [1.54, 1.807) is 48.3 Å². The molecule has 4 rings (SSSR count). The number of carbonyl (C=O) groups excluding carboxylic acids is 2. The molecule has 1 unspecified atom stereocenters. The van der Waals surface area contributed by atoms with E-state index in [9.17, 15) is 22.4 Å². The van der Waals surface area contributed by atoms with Crippen LogP contribution in [0.2, 0.25) is 0 Å². The van der Waals surface area contributed by atoms with Gasteiger partial charge < -0.3 is 4.90 Å². The van der Waals surface area contributed by atoms with E-state index >= 15 is 0 Å². The van der Waals surface area contributed by atoms with Crippen LogP contribution in [0.4, 0.5) is 10.1 Å². The summed E-state index contributed by atoms with van der Waals surface area (Å²) in [5.41, 5.74) is 2.65. The number of anilines is 1. The van der Waals surface area contributed by atoms with Crippen molar-refractivity contribution in [3.8, 4) is 0 Å². The summed E-state index contributed by atoms with van der Waals surface area (Å²) in [6.07, 6.45) is 4.49. The van der Waals surface area contributed by atoms with Crippen LogP contribution in [-0.4, -0.2) is 36.6 Å². The second kappa shape index (κ2) is 13.0. The van der Waals surface area contributed by atoms with Gasteiger partial charge in [-0.15, -0.1) is 0 Å². The third-order valence-corrected chi connectivity index (χ3v) is 7.11. The van der Waals surface area contributed by atoms with E-state index in [1.165, 1.54) is 35.2 Å². The third kappa shape index (κ3) is 7.73. The van der Waals surface area contributed by atoms with Crippen molar-refractivity contribution in [2.24, 2.45) is 5.92 Å². The molecular formula is C30H29FN4O4S. The zero-order valence-corrected chi connectivity index (χ0v) is 22.7. The highest BCUT2D eigenvalue weighted by Gasteiger charge is 2.33. The molecule has 0 fully saturated rings. The third-order valence-electron chi connectivity index (χ3n) is 6.13. The Labute approximate surface area is 232 Å². The molecule has 0 spiro atoms. The molecule has 8 nitrogen and oxygen atoms in total. The number of benzene rings is 3. The van der Waals surface area contributed by atoms with Crippen molar-refractivity contribution < 1.29 is 22.4 Å².